The molecule has 1 saturated heterocycles. The molecular weight excluding hydrogens is 327 g/mol. The maximum Gasteiger partial charge on any atom is 0.123 e. The number of aliphatic hydroxyl groups is 1. The topological polar surface area (TPSA) is 26.7 Å². The molecule has 26 heavy (non-hydrogen) atoms. The van der Waals surface area contributed by atoms with Crippen LogP contribution < -0.4 is 0 Å². The molecule has 1 aliphatic rings. The van der Waals surface area contributed by atoms with E-state index in [1.165, 1.54) is 17.7 Å². The van der Waals surface area contributed by atoms with Gasteiger partial charge in [0.05, 0.1) is 0 Å². The molecule has 0 saturated carbocycles. The van der Waals surface area contributed by atoms with Crippen LogP contribution in [0.3, 0.4) is 0 Å². The summed E-state index contributed by atoms with van der Waals surface area (Å²) in [6, 6.07) is 17.8. The van der Waals surface area contributed by atoms with Gasteiger partial charge in [0.2, 0.25) is 0 Å². The molecule has 0 aromatic heterocycles. The summed E-state index contributed by atoms with van der Waals surface area (Å²) in [5.74, 6) is -0.191. The van der Waals surface area contributed by atoms with E-state index in [1.54, 1.807) is 0 Å². The van der Waals surface area contributed by atoms with E-state index in [0.29, 0.717) is 6.04 Å². The Labute approximate surface area is 156 Å². The first-order valence-corrected chi connectivity index (χ1v) is 9.60. The second-order valence-electron chi connectivity index (χ2n) is 7.15. The smallest absolute Gasteiger partial charge is 0.123 e. The number of nitrogens with zero attached hydrogens (tertiary/aromatic N) is 2. The number of hydrogen-bond acceptors (Lipinski definition) is 3. The van der Waals surface area contributed by atoms with Crippen LogP contribution in [0.2, 0.25) is 0 Å². The van der Waals surface area contributed by atoms with Gasteiger partial charge in [-0.2, -0.15) is 0 Å². The van der Waals surface area contributed by atoms with Crippen LogP contribution in [0.1, 0.15) is 24.0 Å². The molecule has 4 heteroatoms. The summed E-state index contributed by atoms with van der Waals surface area (Å²) in [5, 5.41) is 9.45. The minimum Gasteiger partial charge on any atom is -0.396 e. The summed E-state index contributed by atoms with van der Waals surface area (Å²) in [7, 11) is 0. The zero-order valence-electron chi connectivity index (χ0n) is 15.4. The summed E-state index contributed by atoms with van der Waals surface area (Å²) in [6.07, 6.45) is 3.06. The van der Waals surface area contributed by atoms with Crippen LogP contribution in [0.25, 0.3) is 0 Å². The van der Waals surface area contributed by atoms with E-state index in [2.05, 4.69) is 40.1 Å². The molecule has 0 spiro atoms. The van der Waals surface area contributed by atoms with Crippen molar-refractivity contribution >= 4 is 0 Å². The molecule has 1 aliphatic heterocycles. The van der Waals surface area contributed by atoms with E-state index in [0.717, 1.165) is 57.5 Å². The average molecular weight is 356 g/mol. The molecule has 0 amide bonds. The highest BCUT2D eigenvalue weighted by molar-refractivity contribution is 5.16. The van der Waals surface area contributed by atoms with E-state index in [4.69, 9.17) is 0 Å². The number of aryl methyl sites for hydroxylation is 1. The fourth-order valence-corrected chi connectivity index (χ4v) is 3.77. The Balaban J connectivity index is 1.49. The molecule has 0 unspecified atom stereocenters. The van der Waals surface area contributed by atoms with Gasteiger partial charge >= 0.3 is 0 Å². The average Bonchev–Trinajstić information content (AvgIpc) is 2.66. The van der Waals surface area contributed by atoms with Gasteiger partial charge in [0, 0.05) is 38.8 Å². The van der Waals surface area contributed by atoms with Gasteiger partial charge in [-0.1, -0.05) is 42.5 Å². The Morgan fingerprint density at radius 2 is 1.73 bits per heavy atom. The molecule has 1 atom stereocenters. The fourth-order valence-electron chi connectivity index (χ4n) is 3.77. The van der Waals surface area contributed by atoms with Crippen molar-refractivity contribution in [2.45, 2.75) is 31.8 Å². The second kappa shape index (κ2) is 9.81. The predicted molar refractivity (Wildman–Crippen MR) is 104 cm³/mol. The van der Waals surface area contributed by atoms with Crippen molar-refractivity contribution < 1.29 is 9.50 Å². The Morgan fingerprint density at radius 1 is 0.962 bits per heavy atom. The van der Waals surface area contributed by atoms with Gasteiger partial charge in [-0.25, -0.2) is 4.39 Å². The van der Waals surface area contributed by atoms with Crippen LogP contribution in [0, 0.1) is 5.82 Å². The maximum absolute atomic E-state index is 13.1. The van der Waals surface area contributed by atoms with Crippen molar-refractivity contribution in [1.82, 2.24) is 9.80 Å². The molecule has 1 heterocycles. The fraction of sp³-hybridized carbons (Fsp3) is 0.455. The molecular formula is C22H29FN2O. The van der Waals surface area contributed by atoms with Gasteiger partial charge in [0.15, 0.2) is 0 Å². The van der Waals surface area contributed by atoms with Crippen molar-refractivity contribution in [2.24, 2.45) is 0 Å². The molecule has 1 fully saturated rings. The van der Waals surface area contributed by atoms with Crippen LogP contribution in [0.5, 0.6) is 0 Å². The summed E-state index contributed by atoms with van der Waals surface area (Å²) < 4.78 is 13.1. The van der Waals surface area contributed by atoms with E-state index in [9.17, 15) is 9.50 Å². The minimum atomic E-state index is -0.191. The van der Waals surface area contributed by atoms with E-state index < -0.39 is 0 Å². The molecule has 0 aliphatic carbocycles. The lowest BCUT2D eigenvalue weighted by Gasteiger charge is -2.41. The zero-order valence-corrected chi connectivity index (χ0v) is 15.4. The monoisotopic (exact) mass is 356 g/mol. The van der Waals surface area contributed by atoms with Crippen molar-refractivity contribution in [1.29, 1.82) is 0 Å². The van der Waals surface area contributed by atoms with E-state index in [-0.39, 0.29) is 12.4 Å². The Bertz CT molecular complexity index is 647. The quantitative estimate of drug-likeness (QED) is 0.786. The van der Waals surface area contributed by atoms with Gasteiger partial charge in [-0.05, 0) is 49.1 Å². The largest absolute Gasteiger partial charge is 0.396 e. The standard InChI is InChI=1S/C22H29FN2O/c23-21-10-8-20(9-11-21)17-25-15-14-24(18-22(25)12-16-26)13-4-7-19-5-2-1-3-6-19/h1-3,5-6,8-11,22,26H,4,7,12-18H2/t22-/m0/s1. The SMILES string of the molecule is OCC[C@H]1CN(CCCc2ccccc2)CCN1Cc1ccc(F)cc1. The normalized spacial score (nSPS) is 18.9. The number of hydrogen-bond donors (Lipinski definition) is 1. The highest BCUT2D eigenvalue weighted by Gasteiger charge is 2.26. The lowest BCUT2D eigenvalue weighted by molar-refractivity contribution is 0.0533. The van der Waals surface area contributed by atoms with Gasteiger partial charge in [0.25, 0.3) is 0 Å². The van der Waals surface area contributed by atoms with Gasteiger partial charge in [0.1, 0.15) is 5.82 Å². The number of benzene rings is 2. The predicted octanol–water partition coefficient (Wildman–Crippen LogP) is 3.33. The molecule has 2 aromatic carbocycles. The van der Waals surface area contributed by atoms with Crippen LogP contribution in [-0.4, -0.2) is 53.7 Å². The number of piperazine rings is 1. The number of rotatable bonds is 8. The van der Waals surface area contributed by atoms with Crippen LogP contribution in [0.4, 0.5) is 4.39 Å². The maximum atomic E-state index is 13.1. The summed E-state index contributed by atoms with van der Waals surface area (Å²) in [5.41, 5.74) is 2.53. The third-order valence-corrected chi connectivity index (χ3v) is 5.23. The number of halogens is 1. The van der Waals surface area contributed by atoms with Gasteiger partial charge < -0.3 is 10.0 Å². The first-order chi connectivity index (χ1) is 12.7. The van der Waals surface area contributed by atoms with E-state index >= 15 is 0 Å². The van der Waals surface area contributed by atoms with Crippen molar-refractivity contribution in [2.75, 3.05) is 32.8 Å². The lowest BCUT2D eigenvalue weighted by atomic mass is 10.1. The molecule has 3 rings (SSSR count). The Kier molecular flexibility index (Phi) is 7.18. The Morgan fingerprint density at radius 3 is 2.46 bits per heavy atom. The molecule has 3 nitrogen and oxygen atoms in total. The molecule has 0 bridgehead atoms. The summed E-state index contributed by atoms with van der Waals surface area (Å²) >= 11 is 0. The second-order valence-corrected chi connectivity index (χ2v) is 7.15. The summed E-state index contributed by atoms with van der Waals surface area (Å²) in [6.45, 7) is 5.17. The van der Waals surface area contributed by atoms with Crippen molar-refractivity contribution in [3.63, 3.8) is 0 Å². The van der Waals surface area contributed by atoms with Gasteiger partial charge in [-0.15, -0.1) is 0 Å². The van der Waals surface area contributed by atoms with Crippen molar-refractivity contribution in [3.8, 4) is 0 Å². The lowest BCUT2D eigenvalue weighted by Crippen LogP contribution is -2.53. The van der Waals surface area contributed by atoms with Crippen LogP contribution in [-0.2, 0) is 13.0 Å². The molecule has 2 aromatic rings. The first-order valence-electron chi connectivity index (χ1n) is 9.60. The van der Waals surface area contributed by atoms with Crippen molar-refractivity contribution in [3.05, 3.63) is 71.5 Å². The van der Waals surface area contributed by atoms with E-state index in [1.807, 2.05) is 12.1 Å². The zero-order chi connectivity index (χ0) is 18.2. The third-order valence-electron chi connectivity index (χ3n) is 5.23. The van der Waals surface area contributed by atoms with Gasteiger partial charge in [-0.3, -0.25) is 4.90 Å². The highest BCUT2D eigenvalue weighted by Crippen LogP contribution is 2.17. The molecule has 0 radical (unpaired) electrons. The first kappa shape index (κ1) is 19.0. The Hall–Kier alpha value is -1.75. The van der Waals surface area contributed by atoms with Crippen LogP contribution >= 0.6 is 0 Å². The third kappa shape index (κ3) is 5.63. The molecule has 140 valence electrons. The summed E-state index contributed by atoms with van der Waals surface area (Å²) in [4.78, 5) is 4.95. The highest BCUT2D eigenvalue weighted by atomic mass is 19.1. The minimum absolute atomic E-state index is 0.191. The molecule has 1 N–H and O–H groups in total. The van der Waals surface area contributed by atoms with Crippen LogP contribution in [0.15, 0.2) is 54.6 Å². The number of aliphatic hydroxyl groups excluding tert-OH is 1.